The highest BCUT2D eigenvalue weighted by molar-refractivity contribution is 5.71. The number of H-pyrrole nitrogens is 1. The minimum Gasteiger partial charge on any atom is -0.305 e. The van der Waals surface area contributed by atoms with Gasteiger partial charge in [0.05, 0.1) is 0 Å². The molecule has 2 heterocycles. The van der Waals surface area contributed by atoms with E-state index in [4.69, 9.17) is 0 Å². The number of nitrogens with one attached hydrogen (secondary N) is 1. The fraction of sp³-hybridized carbons (Fsp3) is 0.0769. The maximum absolute atomic E-state index is 11.9. The molecule has 0 amide bonds. The number of aromatic nitrogens is 4. The van der Waals surface area contributed by atoms with Crippen LogP contribution in [0.5, 0.6) is 0 Å². The molecule has 0 bridgehead atoms. The Bertz CT molecular complexity index is 779. The summed E-state index contributed by atoms with van der Waals surface area (Å²) < 4.78 is 0. The van der Waals surface area contributed by atoms with E-state index in [9.17, 15) is 4.79 Å². The summed E-state index contributed by atoms with van der Waals surface area (Å²) in [5.41, 5.74) is 2.28. The van der Waals surface area contributed by atoms with Gasteiger partial charge >= 0.3 is 0 Å². The summed E-state index contributed by atoms with van der Waals surface area (Å²) >= 11 is 0. The summed E-state index contributed by atoms with van der Waals surface area (Å²) in [5, 5.41) is 0. The third-order valence-electron chi connectivity index (χ3n) is 2.74. The zero-order valence-corrected chi connectivity index (χ0v) is 9.71. The molecule has 0 saturated heterocycles. The van der Waals surface area contributed by atoms with E-state index in [1.165, 1.54) is 12.4 Å². The van der Waals surface area contributed by atoms with Gasteiger partial charge in [-0.2, -0.15) is 0 Å². The fourth-order valence-electron chi connectivity index (χ4n) is 1.84. The SMILES string of the molecule is Cc1ccccc1-c1nc2nccnc2c(=O)[nH]1. The van der Waals surface area contributed by atoms with Gasteiger partial charge in [-0.1, -0.05) is 24.3 Å². The summed E-state index contributed by atoms with van der Waals surface area (Å²) in [4.78, 5) is 27.0. The monoisotopic (exact) mass is 238 g/mol. The molecule has 2 aromatic heterocycles. The minimum atomic E-state index is -0.272. The lowest BCUT2D eigenvalue weighted by molar-refractivity contribution is 1.11. The van der Waals surface area contributed by atoms with Crippen molar-refractivity contribution in [3.05, 3.63) is 52.6 Å². The Balaban J connectivity index is 2.32. The van der Waals surface area contributed by atoms with Crippen LogP contribution in [0.1, 0.15) is 5.56 Å². The van der Waals surface area contributed by atoms with Crippen LogP contribution in [0.25, 0.3) is 22.6 Å². The minimum absolute atomic E-state index is 0.259. The van der Waals surface area contributed by atoms with E-state index in [0.29, 0.717) is 11.5 Å². The average molecular weight is 238 g/mol. The molecule has 3 rings (SSSR count). The van der Waals surface area contributed by atoms with Crippen LogP contribution in [-0.2, 0) is 0 Å². The van der Waals surface area contributed by atoms with Crippen LogP contribution < -0.4 is 5.56 Å². The molecule has 0 aliphatic rings. The number of hydrogen-bond donors (Lipinski definition) is 1. The Hall–Kier alpha value is -2.56. The standard InChI is InChI=1S/C13H10N4O/c1-8-4-2-3-5-9(8)11-16-12-10(13(18)17-11)14-6-7-15-12/h2-7H,1H3,(H,15,16,17,18). The average Bonchev–Trinajstić information content (AvgIpc) is 2.39. The highest BCUT2D eigenvalue weighted by Gasteiger charge is 2.08. The molecule has 0 aliphatic heterocycles. The zero-order valence-electron chi connectivity index (χ0n) is 9.71. The predicted octanol–water partition coefficient (Wildman–Crippen LogP) is 1.69. The second-order valence-electron chi connectivity index (χ2n) is 3.96. The summed E-state index contributed by atoms with van der Waals surface area (Å²) in [5.74, 6) is 0.520. The molecule has 0 radical (unpaired) electrons. The van der Waals surface area contributed by atoms with E-state index in [1.807, 2.05) is 31.2 Å². The van der Waals surface area contributed by atoms with Crippen molar-refractivity contribution >= 4 is 11.2 Å². The molecule has 0 unspecified atom stereocenters. The Labute approximate surface area is 103 Å². The Morgan fingerprint density at radius 1 is 1.11 bits per heavy atom. The molecular weight excluding hydrogens is 228 g/mol. The number of aryl methyl sites for hydroxylation is 1. The van der Waals surface area contributed by atoms with Gasteiger partial charge in [-0.05, 0) is 12.5 Å². The third kappa shape index (κ3) is 1.66. The van der Waals surface area contributed by atoms with Crippen molar-refractivity contribution in [3.8, 4) is 11.4 Å². The summed E-state index contributed by atoms with van der Waals surface area (Å²) in [6.45, 7) is 1.97. The van der Waals surface area contributed by atoms with Crippen molar-refractivity contribution < 1.29 is 0 Å². The molecule has 0 aliphatic carbocycles. The highest BCUT2D eigenvalue weighted by atomic mass is 16.1. The number of hydrogen-bond acceptors (Lipinski definition) is 4. The zero-order chi connectivity index (χ0) is 12.5. The van der Waals surface area contributed by atoms with Gasteiger partial charge in [0.25, 0.3) is 5.56 Å². The molecular formula is C13H10N4O. The largest absolute Gasteiger partial charge is 0.305 e. The maximum Gasteiger partial charge on any atom is 0.279 e. The summed E-state index contributed by atoms with van der Waals surface area (Å²) in [6.07, 6.45) is 3.00. The van der Waals surface area contributed by atoms with Gasteiger partial charge in [0.15, 0.2) is 11.2 Å². The number of nitrogens with zero attached hydrogens (tertiary/aromatic N) is 3. The first kappa shape index (κ1) is 10.6. The topological polar surface area (TPSA) is 71.5 Å². The van der Waals surface area contributed by atoms with E-state index in [1.54, 1.807) is 0 Å². The number of benzene rings is 1. The quantitative estimate of drug-likeness (QED) is 0.700. The van der Waals surface area contributed by atoms with Crippen molar-refractivity contribution in [2.24, 2.45) is 0 Å². The van der Waals surface area contributed by atoms with E-state index in [0.717, 1.165) is 11.1 Å². The van der Waals surface area contributed by atoms with Gasteiger partial charge in [-0.15, -0.1) is 0 Å². The predicted molar refractivity (Wildman–Crippen MR) is 68.1 cm³/mol. The number of fused-ring (bicyclic) bond motifs is 1. The summed E-state index contributed by atoms with van der Waals surface area (Å²) in [6, 6.07) is 7.73. The van der Waals surface area contributed by atoms with Crippen molar-refractivity contribution in [1.29, 1.82) is 0 Å². The Kier molecular flexibility index (Phi) is 2.37. The van der Waals surface area contributed by atoms with Crippen LogP contribution in [0.2, 0.25) is 0 Å². The van der Waals surface area contributed by atoms with Crippen LogP contribution in [0.15, 0.2) is 41.5 Å². The first-order valence-corrected chi connectivity index (χ1v) is 5.53. The molecule has 3 aromatic rings. The Morgan fingerprint density at radius 2 is 1.89 bits per heavy atom. The van der Waals surface area contributed by atoms with Crippen LogP contribution in [0.4, 0.5) is 0 Å². The molecule has 0 spiro atoms. The molecule has 5 nitrogen and oxygen atoms in total. The van der Waals surface area contributed by atoms with Crippen LogP contribution in [0, 0.1) is 6.92 Å². The number of rotatable bonds is 1. The second kappa shape index (κ2) is 4.03. The van der Waals surface area contributed by atoms with Crippen molar-refractivity contribution in [3.63, 3.8) is 0 Å². The molecule has 5 heteroatoms. The molecule has 0 fully saturated rings. The Morgan fingerprint density at radius 3 is 2.72 bits per heavy atom. The molecule has 88 valence electrons. The van der Waals surface area contributed by atoms with Gasteiger partial charge < -0.3 is 4.98 Å². The van der Waals surface area contributed by atoms with E-state index >= 15 is 0 Å². The maximum atomic E-state index is 11.9. The second-order valence-corrected chi connectivity index (χ2v) is 3.96. The lowest BCUT2D eigenvalue weighted by atomic mass is 10.1. The lowest BCUT2D eigenvalue weighted by Gasteiger charge is -2.04. The fourth-order valence-corrected chi connectivity index (χ4v) is 1.84. The van der Waals surface area contributed by atoms with E-state index in [2.05, 4.69) is 19.9 Å². The first-order valence-electron chi connectivity index (χ1n) is 5.53. The molecule has 1 N–H and O–H groups in total. The molecule has 1 aromatic carbocycles. The van der Waals surface area contributed by atoms with E-state index < -0.39 is 0 Å². The van der Waals surface area contributed by atoms with Crippen molar-refractivity contribution in [2.75, 3.05) is 0 Å². The van der Waals surface area contributed by atoms with Gasteiger partial charge in [0.2, 0.25) is 0 Å². The third-order valence-corrected chi connectivity index (χ3v) is 2.74. The molecule has 18 heavy (non-hydrogen) atoms. The molecule has 0 atom stereocenters. The molecule has 0 saturated carbocycles. The smallest absolute Gasteiger partial charge is 0.279 e. The lowest BCUT2D eigenvalue weighted by Crippen LogP contribution is -2.12. The number of aromatic amines is 1. The van der Waals surface area contributed by atoms with E-state index in [-0.39, 0.29) is 11.1 Å². The van der Waals surface area contributed by atoms with Gasteiger partial charge in [-0.25, -0.2) is 15.0 Å². The van der Waals surface area contributed by atoms with Gasteiger partial charge in [-0.3, -0.25) is 4.79 Å². The van der Waals surface area contributed by atoms with Crippen LogP contribution in [-0.4, -0.2) is 19.9 Å². The van der Waals surface area contributed by atoms with Crippen LogP contribution in [0.3, 0.4) is 0 Å². The van der Waals surface area contributed by atoms with Crippen molar-refractivity contribution in [2.45, 2.75) is 6.92 Å². The normalized spacial score (nSPS) is 10.7. The highest BCUT2D eigenvalue weighted by Crippen LogP contribution is 2.18. The van der Waals surface area contributed by atoms with Gasteiger partial charge in [0.1, 0.15) is 5.82 Å². The van der Waals surface area contributed by atoms with Crippen LogP contribution >= 0.6 is 0 Å². The van der Waals surface area contributed by atoms with Gasteiger partial charge in [0, 0.05) is 18.0 Å². The van der Waals surface area contributed by atoms with Crippen molar-refractivity contribution in [1.82, 2.24) is 19.9 Å². The summed E-state index contributed by atoms with van der Waals surface area (Å²) in [7, 11) is 0. The first-order chi connectivity index (χ1) is 8.75.